The number of carbonyl (C=O) groups excluding carboxylic acids is 1. The summed E-state index contributed by atoms with van der Waals surface area (Å²) in [7, 11) is 1.13. The van der Waals surface area contributed by atoms with E-state index in [2.05, 4.69) is 4.74 Å². The predicted molar refractivity (Wildman–Crippen MR) is 64.0 cm³/mol. The van der Waals surface area contributed by atoms with Gasteiger partial charge in [0.2, 0.25) is 0 Å². The average molecular weight is 310 g/mol. The van der Waals surface area contributed by atoms with Crippen molar-refractivity contribution in [3.8, 4) is 6.07 Å². The fraction of sp³-hybridized carbons (Fsp3) is 0.273. The molecule has 1 aromatic rings. The number of rotatable bonds is 3. The lowest BCUT2D eigenvalue weighted by Gasteiger charge is -2.12. The summed E-state index contributed by atoms with van der Waals surface area (Å²) in [5.41, 5.74) is -4.76. The molecule has 0 N–H and O–H groups in total. The monoisotopic (exact) mass is 309 g/mol. The SMILES string of the molecule is COC(=O)c1cc(C#N)c(SC(F)(F)F)c(CCl)c1. The van der Waals surface area contributed by atoms with Gasteiger partial charge in [-0.3, -0.25) is 0 Å². The molecule has 0 radical (unpaired) electrons. The van der Waals surface area contributed by atoms with Gasteiger partial charge in [-0.1, -0.05) is 0 Å². The second kappa shape index (κ2) is 6.17. The zero-order valence-corrected chi connectivity index (χ0v) is 11.1. The Hall–Kier alpha value is -1.39. The van der Waals surface area contributed by atoms with Crippen molar-refractivity contribution in [2.45, 2.75) is 16.3 Å². The summed E-state index contributed by atoms with van der Waals surface area (Å²) >= 11 is 5.14. The lowest BCUT2D eigenvalue weighted by atomic mass is 10.1. The number of nitriles is 1. The van der Waals surface area contributed by atoms with Gasteiger partial charge in [-0.05, 0) is 29.5 Å². The maximum atomic E-state index is 12.4. The normalized spacial score (nSPS) is 10.9. The number of ether oxygens (including phenoxy) is 1. The summed E-state index contributed by atoms with van der Waals surface area (Å²) in [6, 6.07) is 3.86. The molecular formula is C11H7ClF3NO2S. The highest BCUT2D eigenvalue weighted by Gasteiger charge is 2.32. The number of nitrogens with zero attached hydrogens (tertiary/aromatic N) is 1. The van der Waals surface area contributed by atoms with E-state index in [4.69, 9.17) is 16.9 Å². The smallest absolute Gasteiger partial charge is 0.446 e. The van der Waals surface area contributed by atoms with Gasteiger partial charge in [-0.2, -0.15) is 18.4 Å². The molecule has 0 saturated heterocycles. The molecule has 0 aromatic heterocycles. The zero-order chi connectivity index (χ0) is 14.6. The van der Waals surface area contributed by atoms with Crippen LogP contribution in [0.4, 0.5) is 13.2 Å². The molecular weight excluding hydrogens is 303 g/mol. The highest BCUT2D eigenvalue weighted by Crippen LogP contribution is 2.41. The van der Waals surface area contributed by atoms with E-state index < -0.39 is 23.2 Å². The van der Waals surface area contributed by atoms with Crippen LogP contribution >= 0.6 is 23.4 Å². The molecule has 0 atom stereocenters. The van der Waals surface area contributed by atoms with Crippen molar-refractivity contribution in [3.63, 3.8) is 0 Å². The number of esters is 1. The fourth-order valence-corrected chi connectivity index (χ4v) is 2.34. The van der Waals surface area contributed by atoms with Crippen LogP contribution in [0.15, 0.2) is 17.0 Å². The third-order valence-electron chi connectivity index (χ3n) is 2.07. The van der Waals surface area contributed by atoms with Crippen LogP contribution in [0.2, 0.25) is 0 Å². The van der Waals surface area contributed by atoms with Gasteiger partial charge in [-0.25, -0.2) is 4.79 Å². The van der Waals surface area contributed by atoms with Crippen LogP contribution in [0.1, 0.15) is 21.5 Å². The van der Waals surface area contributed by atoms with E-state index in [0.29, 0.717) is 0 Å². The van der Waals surface area contributed by atoms with Crippen LogP contribution in [0.25, 0.3) is 0 Å². The summed E-state index contributed by atoms with van der Waals surface area (Å²) in [5, 5.41) is 8.89. The quantitative estimate of drug-likeness (QED) is 0.485. The van der Waals surface area contributed by atoms with Crippen LogP contribution in [0, 0.1) is 11.3 Å². The molecule has 0 spiro atoms. The molecule has 0 aliphatic carbocycles. The van der Waals surface area contributed by atoms with E-state index in [1.54, 1.807) is 6.07 Å². The Labute approximate surface area is 116 Å². The Bertz CT molecular complexity index is 540. The van der Waals surface area contributed by atoms with Gasteiger partial charge in [0.1, 0.15) is 6.07 Å². The number of alkyl halides is 4. The zero-order valence-electron chi connectivity index (χ0n) is 9.55. The van der Waals surface area contributed by atoms with Gasteiger partial charge < -0.3 is 4.74 Å². The molecule has 0 heterocycles. The van der Waals surface area contributed by atoms with Gasteiger partial charge in [0.15, 0.2) is 0 Å². The van der Waals surface area contributed by atoms with Gasteiger partial charge >= 0.3 is 11.5 Å². The first-order chi connectivity index (χ1) is 8.82. The third kappa shape index (κ3) is 4.04. The van der Waals surface area contributed by atoms with E-state index in [1.165, 1.54) is 6.07 Å². The minimum atomic E-state index is -4.54. The topological polar surface area (TPSA) is 50.1 Å². The number of carbonyl (C=O) groups is 1. The molecule has 1 aromatic carbocycles. The summed E-state index contributed by atoms with van der Waals surface area (Å²) in [4.78, 5) is 11.0. The van der Waals surface area contributed by atoms with E-state index >= 15 is 0 Å². The van der Waals surface area contributed by atoms with Crippen molar-refractivity contribution in [3.05, 3.63) is 28.8 Å². The van der Waals surface area contributed by atoms with E-state index in [0.717, 1.165) is 13.2 Å². The van der Waals surface area contributed by atoms with Crippen LogP contribution in [0.5, 0.6) is 0 Å². The maximum Gasteiger partial charge on any atom is 0.446 e. The first kappa shape index (κ1) is 15.7. The Balaban J connectivity index is 3.39. The van der Waals surface area contributed by atoms with Gasteiger partial charge in [0, 0.05) is 10.8 Å². The van der Waals surface area contributed by atoms with Crippen LogP contribution < -0.4 is 0 Å². The largest absolute Gasteiger partial charge is 0.465 e. The molecule has 102 valence electrons. The molecule has 0 saturated carbocycles. The Morgan fingerprint density at radius 2 is 2.16 bits per heavy atom. The van der Waals surface area contributed by atoms with E-state index in [-0.39, 0.29) is 27.5 Å². The summed E-state index contributed by atoms with van der Waals surface area (Å²) in [5.74, 6) is -0.996. The van der Waals surface area contributed by atoms with Crippen molar-refractivity contribution in [1.29, 1.82) is 5.26 Å². The molecule has 0 bridgehead atoms. The number of halogens is 4. The van der Waals surface area contributed by atoms with E-state index in [1.807, 2.05) is 0 Å². The van der Waals surface area contributed by atoms with Crippen LogP contribution in [-0.2, 0) is 10.6 Å². The minimum Gasteiger partial charge on any atom is -0.465 e. The van der Waals surface area contributed by atoms with Crippen molar-refractivity contribution in [2.24, 2.45) is 0 Å². The van der Waals surface area contributed by atoms with Crippen LogP contribution in [-0.4, -0.2) is 18.6 Å². The molecule has 0 aliphatic heterocycles. The number of hydrogen-bond donors (Lipinski definition) is 0. The van der Waals surface area contributed by atoms with E-state index in [9.17, 15) is 18.0 Å². The number of hydrogen-bond acceptors (Lipinski definition) is 4. The fourth-order valence-electron chi connectivity index (χ4n) is 1.34. The summed E-state index contributed by atoms with van der Waals surface area (Å²) < 4.78 is 41.7. The number of methoxy groups -OCH3 is 1. The number of benzene rings is 1. The minimum absolute atomic E-state index is 0.0128. The summed E-state index contributed by atoms with van der Waals surface area (Å²) in [6.45, 7) is 0. The summed E-state index contributed by atoms with van der Waals surface area (Å²) in [6.07, 6.45) is 0. The van der Waals surface area contributed by atoms with Gasteiger partial charge in [0.05, 0.1) is 18.2 Å². The molecule has 0 unspecified atom stereocenters. The van der Waals surface area contributed by atoms with Gasteiger partial charge in [0.25, 0.3) is 0 Å². The standard InChI is InChI=1S/C11H7ClF3NO2S/c1-18-10(17)6-2-7(4-12)9(8(3-6)5-16)19-11(13,14)15/h2-3H,4H2,1H3. The Morgan fingerprint density at radius 3 is 2.58 bits per heavy atom. The highest BCUT2D eigenvalue weighted by molar-refractivity contribution is 8.00. The number of thioether (sulfide) groups is 1. The molecule has 0 aliphatic rings. The highest BCUT2D eigenvalue weighted by atomic mass is 35.5. The van der Waals surface area contributed by atoms with Crippen molar-refractivity contribution in [2.75, 3.05) is 7.11 Å². The molecule has 0 amide bonds. The lowest BCUT2D eigenvalue weighted by Crippen LogP contribution is -2.06. The molecule has 19 heavy (non-hydrogen) atoms. The molecule has 8 heteroatoms. The first-order valence-electron chi connectivity index (χ1n) is 4.79. The first-order valence-corrected chi connectivity index (χ1v) is 6.14. The second-order valence-electron chi connectivity index (χ2n) is 3.30. The molecule has 3 nitrogen and oxygen atoms in total. The van der Waals surface area contributed by atoms with Crippen LogP contribution in [0.3, 0.4) is 0 Å². The van der Waals surface area contributed by atoms with Crippen molar-refractivity contribution >= 4 is 29.3 Å². The Kier molecular flexibility index (Phi) is 5.09. The average Bonchev–Trinajstić information content (AvgIpc) is 2.36. The third-order valence-corrected chi connectivity index (χ3v) is 3.27. The second-order valence-corrected chi connectivity index (χ2v) is 4.64. The van der Waals surface area contributed by atoms with Crippen molar-refractivity contribution < 1.29 is 22.7 Å². The Morgan fingerprint density at radius 1 is 1.53 bits per heavy atom. The molecule has 1 rings (SSSR count). The van der Waals surface area contributed by atoms with Crippen molar-refractivity contribution in [1.82, 2.24) is 0 Å². The molecule has 0 fully saturated rings. The lowest BCUT2D eigenvalue weighted by molar-refractivity contribution is -0.0328. The predicted octanol–water partition coefficient (Wildman–Crippen LogP) is 3.70. The van der Waals surface area contributed by atoms with Gasteiger partial charge in [-0.15, -0.1) is 11.6 Å². The maximum absolute atomic E-state index is 12.4.